The number of benzene rings is 2. The normalized spacial score (nSPS) is 19.8. The van der Waals surface area contributed by atoms with Crippen molar-refractivity contribution in [3.8, 4) is 17.6 Å². The first kappa shape index (κ1) is 21.4. The maximum absolute atomic E-state index is 13.1. The van der Waals surface area contributed by atoms with Gasteiger partial charge in [0.05, 0.1) is 18.6 Å². The average molecular weight is 414 g/mol. The molecule has 2 aromatic carbocycles. The lowest BCUT2D eigenvalue weighted by Crippen LogP contribution is -2.38. The summed E-state index contributed by atoms with van der Waals surface area (Å²) in [5, 5.41) is 0. The van der Waals surface area contributed by atoms with Crippen molar-refractivity contribution in [3.63, 3.8) is 0 Å². The topological polar surface area (TPSA) is 55.8 Å². The van der Waals surface area contributed by atoms with Gasteiger partial charge in [-0.2, -0.15) is 4.31 Å². The van der Waals surface area contributed by atoms with Crippen molar-refractivity contribution in [1.29, 1.82) is 0 Å². The van der Waals surface area contributed by atoms with E-state index in [4.69, 9.17) is 9.47 Å². The Bertz CT molecular complexity index is 972. The summed E-state index contributed by atoms with van der Waals surface area (Å²) >= 11 is 0. The van der Waals surface area contributed by atoms with Crippen molar-refractivity contribution < 1.29 is 17.9 Å². The third kappa shape index (κ3) is 5.18. The van der Waals surface area contributed by atoms with Gasteiger partial charge in [0.1, 0.15) is 11.9 Å². The minimum Gasteiger partial charge on any atom is -0.497 e. The second-order valence-electron chi connectivity index (χ2n) is 7.23. The van der Waals surface area contributed by atoms with Gasteiger partial charge in [0.2, 0.25) is 10.0 Å². The Labute approximate surface area is 173 Å². The zero-order chi connectivity index (χ0) is 20.9. The van der Waals surface area contributed by atoms with Crippen molar-refractivity contribution in [1.82, 2.24) is 4.31 Å². The molecule has 6 heteroatoms. The minimum atomic E-state index is -3.60. The van der Waals surface area contributed by atoms with E-state index in [0.717, 1.165) is 24.2 Å². The highest BCUT2D eigenvalue weighted by molar-refractivity contribution is 7.89. The molecule has 2 aromatic rings. The van der Waals surface area contributed by atoms with Gasteiger partial charge in [-0.15, -0.1) is 0 Å². The van der Waals surface area contributed by atoms with E-state index in [2.05, 4.69) is 11.8 Å². The van der Waals surface area contributed by atoms with Crippen LogP contribution in [0, 0.1) is 24.7 Å². The Balaban J connectivity index is 1.76. The third-order valence-electron chi connectivity index (χ3n) is 5.24. The Morgan fingerprint density at radius 3 is 2.38 bits per heavy atom. The second-order valence-corrected chi connectivity index (χ2v) is 9.17. The molecule has 29 heavy (non-hydrogen) atoms. The number of nitrogens with zero attached hydrogens (tertiary/aromatic N) is 1. The Kier molecular flexibility index (Phi) is 6.96. The summed E-state index contributed by atoms with van der Waals surface area (Å²) in [6.07, 6.45) is 1.31. The van der Waals surface area contributed by atoms with E-state index in [1.165, 1.54) is 9.87 Å². The standard InChI is InChI=1S/C23H27NO4S/c1-18-6-14-22(15-7-18)29(25,26)24-16-4-5-23(28-3)20(17-24)11-8-19-9-12-21(27-2)13-10-19/h6-7,9-10,12-15,20,23H,8,11,16-17H2,1-3H3. The SMILES string of the molecule is COc1ccc(CCC2CN(S(=O)(=O)c3ccc(C)cc3)CC#CC2OC)cc1. The zero-order valence-electron chi connectivity index (χ0n) is 17.1. The fourth-order valence-corrected chi connectivity index (χ4v) is 4.86. The maximum atomic E-state index is 13.1. The molecule has 2 unspecified atom stereocenters. The summed E-state index contributed by atoms with van der Waals surface area (Å²) < 4.78 is 38.5. The quantitative estimate of drug-likeness (QED) is 0.654. The molecule has 0 N–H and O–H groups in total. The molecule has 0 aliphatic carbocycles. The molecule has 1 aliphatic rings. The zero-order valence-corrected chi connectivity index (χ0v) is 17.9. The van der Waals surface area contributed by atoms with Gasteiger partial charge < -0.3 is 9.47 Å². The Morgan fingerprint density at radius 1 is 1.07 bits per heavy atom. The lowest BCUT2D eigenvalue weighted by Gasteiger charge is -2.26. The van der Waals surface area contributed by atoms with Crippen molar-refractivity contribution >= 4 is 10.0 Å². The molecular formula is C23H27NO4S. The van der Waals surface area contributed by atoms with E-state index in [9.17, 15) is 8.42 Å². The highest BCUT2D eigenvalue weighted by Gasteiger charge is 2.31. The van der Waals surface area contributed by atoms with Crippen LogP contribution >= 0.6 is 0 Å². The van der Waals surface area contributed by atoms with Crippen LogP contribution in [0.1, 0.15) is 17.5 Å². The lowest BCUT2D eigenvalue weighted by atomic mass is 9.94. The summed E-state index contributed by atoms with van der Waals surface area (Å²) in [5.74, 6) is 6.89. The minimum absolute atomic E-state index is 0.0164. The lowest BCUT2D eigenvalue weighted by molar-refractivity contribution is 0.0868. The van der Waals surface area contributed by atoms with E-state index in [1.807, 2.05) is 43.3 Å². The molecule has 154 valence electrons. The largest absolute Gasteiger partial charge is 0.497 e. The van der Waals surface area contributed by atoms with Crippen LogP contribution in [0.3, 0.4) is 0 Å². The Hall–Kier alpha value is -2.33. The fourth-order valence-electron chi connectivity index (χ4n) is 3.45. The molecule has 0 spiro atoms. The summed E-state index contributed by atoms with van der Waals surface area (Å²) in [4.78, 5) is 0.301. The molecule has 0 radical (unpaired) electrons. The highest BCUT2D eigenvalue weighted by Crippen LogP contribution is 2.24. The van der Waals surface area contributed by atoms with Crippen molar-refractivity contribution in [2.24, 2.45) is 5.92 Å². The van der Waals surface area contributed by atoms with Crippen LogP contribution in [-0.4, -0.2) is 46.1 Å². The number of sulfonamides is 1. The van der Waals surface area contributed by atoms with Crippen molar-refractivity contribution in [2.75, 3.05) is 27.3 Å². The van der Waals surface area contributed by atoms with Gasteiger partial charge in [0.25, 0.3) is 0 Å². The van der Waals surface area contributed by atoms with E-state index in [0.29, 0.717) is 11.4 Å². The summed E-state index contributed by atoms with van der Waals surface area (Å²) in [6.45, 7) is 2.48. The predicted molar refractivity (Wildman–Crippen MR) is 113 cm³/mol. The smallest absolute Gasteiger partial charge is 0.243 e. The van der Waals surface area contributed by atoms with Crippen LogP contribution in [0.5, 0.6) is 5.75 Å². The number of hydrogen-bond acceptors (Lipinski definition) is 4. The molecule has 0 fully saturated rings. The van der Waals surface area contributed by atoms with Gasteiger partial charge in [-0.3, -0.25) is 0 Å². The first-order chi connectivity index (χ1) is 13.9. The molecule has 1 aliphatic heterocycles. The predicted octanol–water partition coefficient (Wildman–Crippen LogP) is 3.28. The second kappa shape index (κ2) is 9.45. The van der Waals surface area contributed by atoms with Gasteiger partial charge in [0, 0.05) is 19.6 Å². The number of hydrogen-bond donors (Lipinski definition) is 0. The number of ether oxygens (including phenoxy) is 2. The number of rotatable bonds is 7. The molecule has 0 amide bonds. The molecular weight excluding hydrogens is 386 g/mol. The summed E-state index contributed by atoms with van der Waals surface area (Å²) in [7, 11) is -0.327. The third-order valence-corrected chi connectivity index (χ3v) is 7.07. The molecule has 2 atom stereocenters. The fraction of sp³-hybridized carbons (Fsp3) is 0.391. The van der Waals surface area contributed by atoms with Crippen LogP contribution in [-0.2, 0) is 21.2 Å². The monoisotopic (exact) mass is 413 g/mol. The first-order valence-electron chi connectivity index (χ1n) is 9.65. The Morgan fingerprint density at radius 2 is 1.76 bits per heavy atom. The highest BCUT2D eigenvalue weighted by atomic mass is 32.2. The number of aryl methyl sites for hydroxylation is 2. The van der Waals surface area contributed by atoms with Gasteiger partial charge in [0.15, 0.2) is 0 Å². The molecule has 0 saturated heterocycles. The molecule has 5 nitrogen and oxygen atoms in total. The maximum Gasteiger partial charge on any atom is 0.243 e. The van der Waals surface area contributed by atoms with Crippen LogP contribution < -0.4 is 4.74 Å². The molecule has 3 rings (SSSR count). The van der Waals surface area contributed by atoms with Gasteiger partial charge in [-0.05, 0) is 49.6 Å². The summed E-state index contributed by atoms with van der Waals surface area (Å²) in [6, 6.07) is 14.9. The first-order valence-corrected chi connectivity index (χ1v) is 11.1. The molecule has 0 aromatic heterocycles. The molecule has 1 heterocycles. The van der Waals surface area contributed by atoms with E-state index >= 15 is 0 Å². The van der Waals surface area contributed by atoms with Crippen LogP contribution in [0.4, 0.5) is 0 Å². The average Bonchev–Trinajstić information content (AvgIpc) is 2.95. The van der Waals surface area contributed by atoms with E-state index in [-0.39, 0.29) is 18.6 Å². The van der Waals surface area contributed by atoms with E-state index in [1.54, 1.807) is 26.4 Å². The van der Waals surface area contributed by atoms with Crippen molar-refractivity contribution in [2.45, 2.75) is 30.8 Å². The molecule has 0 saturated carbocycles. The molecule has 0 bridgehead atoms. The van der Waals surface area contributed by atoms with Gasteiger partial charge in [-0.1, -0.05) is 41.7 Å². The van der Waals surface area contributed by atoms with Crippen LogP contribution in [0.15, 0.2) is 53.4 Å². The van der Waals surface area contributed by atoms with Crippen LogP contribution in [0.25, 0.3) is 0 Å². The van der Waals surface area contributed by atoms with E-state index < -0.39 is 10.0 Å². The number of methoxy groups -OCH3 is 2. The van der Waals surface area contributed by atoms with Gasteiger partial charge >= 0.3 is 0 Å². The summed E-state index contributed by atoms with van der Waals surface area (Å²) in [5.41, 5.74) is 2.20. The van der Waals surface area contributed by atoms with Crippen molar-refractivity contribution in [3.05, 3.63) is 59.7 Å². The van der Waals surface area contributed by atoms with Gasteiger partial charge in [-0.25, -0.2) is 8.42 Å². The van der Waals surface area contributed by atoms with Crippen LogP contribution in [0.2, 0.25) is 0 Å².